The molecule has 1 aliphatic heterocycles. The van der Waals surface area contributed by atoms with Gasteiger partial charge in [-0.25, -0.2) is 4.79 Å². The average Bonchev–Trinajstić information content (AvgIpc) is 2.86. The van der Waals surface area contributed by atoms with Crippen LogP contribution < -0.4 is 14.8 Å². The molecule has 106 valence electrons. The van der Waals surface area contributed by atoms with E-state index in [-0.39, 0.29) is 6.79 Å². The van der Waals surface area contributed by atoms with Crippen molar-refractivity contribution in [3.05, 3.63) is 30.4 Å². The molecule has 0 saturated heterocycles. The minimum absolute atomic E-state index is 0.171. The number of nitrogens with one attached hydrogen (secondary N) is 1. The van der Waals surface area contributed by atoms with E-state index >= 15 is 0 Å². The summed E-state index contributed by atoms with van der Waals surface area (Å²) in [6.07, 6.45) is 1.92. The van der Waals surface area contributed by atoms with Gasteiger partial charge >= 0.3 is 5.97 Å². The molecule has 0 saturated carbocycles. The van der Waals surface area contributed by atoms with Gasteiger partial charge in [-0.1, -0.05) is 6.08 Å². The standard InChI is InChI=1S/C14H15NO5/c1-3-4-13(16)20-9(2)14(17)15-10-5-6-11-12(7-10)19-8-18-11/h3-7,9H,8H2,1-2H3,(H,15,17)/b4-3+/t9-/m1/s1. The fourth-order valence-corrected chi connectivity index (χ4v) is 1.62. The predicted molar refractivity (Wildman–Crippen MR) is 71.6 cm³/mol. The molecule has 6 heteroatoms. The summed E-state index contributed by atoms with van der Waals surface area (Å²) in [6, 6.07) is 5.04. The summed E-state index contributed by atoms with van der Waals surface area (Å²) in [5.41, 5.74) is 0.549. The Hall–Kier alpha value is -2.50. The molecule has 1 amide bonds. The second kappa shape index (κ2) is 6.10. The second-order valence-electron chi connectivity index (χ2n) is 4.14. The van der Waals surface area contributed by atoms with Crippen molar-refractivity contribution >= 4 is 17.6 Å². The molecular formula is C14H15NO5. The highest BCUT2D eigenvalue weighted by atomic mass is 16.7. The molecule has 6 nitrogen and oxygen atoms in total. The van der Waals surface area contributed by atoms with Crippen LogP contribution in [0.15, 0.2) is 30.4 Å². The van der Waals surface area contributed by atoms with Crippen LogP contribution in [0.4, 0.5) is 5.69 Å². The number of anilines is 1. The summed E-state index contributed by atoms with van der Waals surface area (Å²) >= 11 is 0. The molecule has 1 aromatic carbocycles. The molecule has 0 unspecified atom stereocenters. The zero-order valence-electron chi connectivity index (χ0n) is 11.2. The van der Waals surface area contributed by atoms with E-state index in [1.165, 1.54) is 13.0 Å². The summed E-state index contributed by atoms with van der Waals surface area (Å²) in [5.74, 6) is 0.236. The van der Waals surface area contributed by atoms with Gasteiger partial charge in [-0.05, 0) is 26.0 Å². The van der Waals surface area contributed by atoms with Crippen molar-refractivity contribution in [2.75, 3.05) is 12.1 Å². The Morgan fingerprint density at radius 1 is 1.35 bits per heavy atom. The maximum absolute atomic E-state index is 11.9. The Bertz CT molecular complexity index is 552. The van der Waals surface area contributed by atoms with Gasteiger partial charge in [-0.2, -0.15) is 0 Å². The minimum Gasteiger partial charge on any atom is -0.454 e. The van der Waals surface area contributed by atoms with Crippen molar-refractivity contribution < 1.29 is 23.8 Å². The van der Waals surface area contributed by atoms with Crippen LogP contribution in [-0.4, -0.2) is 24.8 Å². The van der Waals surface area contributed by atoms with E-state index in [9.17, 15) is 9.59 Å². The first-order valence-corrected chi connectivity index (χ1v) is 6.14. The van der Waals surface area contributed by atoms with Crippen LogP contribution in [0.5, 0.6) is 11.5 Å². The minimum atomic E-state index is -0.885. The van der Waals surface area contributed by atoms with Crippen LogP contribution in [0.3, 0.4) is 0 Å². The molecule has 0 aliphatic carbocycles. The first-order valence-electron chi connectivity index (χ1n) is 6.14. The van der Waals surface area contributed by atoms with Gasteiger partial charge in [0.25, 0.3) is 5.91 Å². The van der Waals surface area contributed by atoms with E-state index < -0.39 is 18.0 Å². The SMILES string of the molecule is C/C=C/C(=O)O[C@H](C)C(=O)Nc1ccc2c(c1)OCO2. The lowest BCUT2D eigenvalue weighted by atomic mass is 10.2. The number of carbonyl (C=O) groups excluding carboxylic acids is 2. The number of esters is 1. The number of amides is 1. The van der Waals surface area contributed by atoms with Crippen molar-refractivity contribution in [1.82, 2.24) is 0 Å². The van der Waals surface area contributed by atoms with Crippen molar-refractivity contribution in [1.29, 1.82) is 0 Å². The predicted octanol–water partition coefficient (Wildman–Crippen LogP) is 1.86. The lowest BCUT2D eigenvalue weighted by molar-refractivity contribution is -0.148. The molecule has 0 fully saturated rings. The molecule has 1 aliphatic rings. The van der Waals surface area contributed by atoms with Crippen LogP contribution in [0.25, 0.3) is 0 Å². The van der Waals surface area contributed by atoms with Crippen molar-refractivity contribution in [2.24, 2.45) is 0 Å². The van der Waals surface area contributed by atoms with E-state index in [4.69, 9.17) is 14.2 Å². The fraction of sp³-hybridized carbons (Fsp3) is 0.286. The molecular weight excluding hydrogens is 262 g/mol. The zero-order valence-corrected chi connectivity index (χ0v) is 11.2. The molecule has 0 spiro atoms. The third-order valence-electron chi connectivity index (χ3n) is 2.61. The molecule has 0 aromatic heterocycles. The van der Waals surface area contributed by atoms with Crippen LogP contribution in [0, 0.1) is 0 Å². The van der Waals surface area contributed by atoms with E-state index in [1.807, 2.05) is 0 Å². The van der Waals surface area contributed by atoms with E-state index in [0.29, 0.717) is 17.2 Å². The van der Waals surface area contributed by atoms with Gasteiger partial charge in [0.05, 0.1) is 0 Å². The molecule has 2 rings (SSSR count). The lowest BCUT2D eigenvalue weighted by Crippen LogP contribution is -2.29. The van der Waals surface area contributed by atoms with Crippen molar-refractivity contribution in [3.63, 3.8) is 0 Å². The maximum atomic E-state index is 11.9. The van der Waals surface area contributed by atoms with Gasteiger partial charge < -0.3 is 19.5 Å². The number of rotatable bonds is 4. The van der Waals surface area contributed by atoms with Gasteiger partial charge in [-0.3, -0.25) is 4.79 Å². The quantitative estimate of drug-likeness (QED) is 0.671. The summed E-state index contributed by atoms with van der Waals surface area (Å²) in [5, 5.41) is 2.64. The van der Waals surface area contributed by atoms with Crippen molar-refractivity contribution in [3.8, 4) is 11.5 Å². The van der Waals surface area contributed by atoms with E-state index in [1.54, 1.807) is 31.2 Å². The summed E-state index contributed by atoms with van der Waals surface area (Å²) in [6.45, 7) is 3.37. The molecule has 20 heavy (non-hydrogen) atoms. The topological polar surface area (TPSA) is 73.9 Å². The second-order valence-corrected chi connectivity index (χ2v) is 4.14. The monoisotopic (exact) mass is 277 g/mol. The third kappa shape index (κ3) is 3.28. The Balaban J connectivity index is 1.95. The largest absolute Gasteiger partial charge is 0.454 e. The smallest absolute Gasteiger partial charge is 0.331 e. The molecule has 0 bridgehead atoms. The Kier molecular flexibility index (Phi) is 4.24. The number of allylic oxidation sites excluding steroid dienone is 1. The normalized spacial score (nSPS) is 14.1. The zero-order chi connectivity index (χ0) is 14.5. The van der Waals surface area contributed by atoms with Gasteiger partial charge in [0.2, 0.25) is 6.79 Å². The molecule has 0 radical (unpaired) electrons. The number of hydrogen-bond acceptors (Lipinski definition) is 5. The Morgan fingerprint density at radius 2 is 2.10 bits per heavy atom. The summed E-state index contributed by atoms with van der Waals surface area (Å²) < 4.78 is 15.3. The number of carbonyl (C=O) groups is 2. The van der Waals surface area contributed by atoms with Crippen LogP contribution in [0.2, 0.25) is 0 Å². The first-order chi connectivity index (χ1) is 9.60. The fourth-order valence-electron chi connectivity index (χ4n) is 1.62. The number of hydrogen-bond donors (Lipinski definition) is 1. The Morgan fingerprint density at radius 3 is 2.85 bits per heavy atom. The molecule has 1 aromatic rings. The van der Waals surface area contributed by atoms with Gasteiger partial charge in [0.15, 0.2) is 17.6 Å². The van der Waals surface area contributed by atoms with Crippen LogP contribution in [-0.2, 0) is 14.3 Å². The maximum Gasteiger partial charge on any atom is 0.331 e. The van der Waals surface area contributed by atoms with Crippen LogP contribution in [0.1, 0.15) is 13.8 Å². The number of benzene rings is 1. The highest BCUT2D eigenvalue weighted by Crippen LogP contribution is 2.34. The summed E-state index contributed by atoms with van der Waals surface area (Å²) in [7, 11) is 0. The van der Waals surface area contributed by atoms with Crippen molar-refractivity contribution in [2.45, 2.75) is 20.0 Å². The summed E-state index contributed by atoms with van der Waals surface area (Å²) in [4.78, 5) is 23.1. The highest BCUT2D eigenvalue weighted by molar-refractivity contribution is 5.96. The van der Waals surface area contributed by atoms with E-state index in [0.717, 1.165) is 0 Å². The molecule has 1 N–H and O–H groups in total. The highest BCUT2D eigenvalue weighted by Gasteiger charge is 2.18. The third-order valence-corrected chi connectivity index (χ3v) is 2.61. The lowest BCUT2D eigenvalue weighted by Gasteiger charge is -2.12. The number of fused-ring (bicyclic) bond motifs is 1. The van der Waals surface area contributed by atoms with E-state index in [2.05, 4.69) is 5.32 Å². The number of ether oxygens (including phenoxy) is 3. The molecule has 1 atom stereocenters. The van der Waals surface area contributed by atoms with Gasteiger partial charge in [0.1, 0.15) is 0 Å². The Labute approximate surface area is 116 Å². The van der Waals surface area contributed by atoms with Gasteiger partial charge in [-0.15, -0.1) is 0 Å². The van der Waals surface area contributed by atoms with Crippen LogP contribution >= 0.6 is 0 Å². The van der Waals surface area contributed by atoms with Gasteiger partial charge in [0, 0.05) is 17.8 Å². The first kappa shape index (κ1) is 13.9. The average molecular weight is 277 g/mol. The molecule has 1 heterocycles.